The fourth-order valence-electron chi connectivity index (χ4n) is 9.38. The van der Waals surface area contributed by atoms with Crippen molar-refractivity contribution in [2.24, 2.45) is 11.3 Å². The number of aromatic nitrogens is 3. The summed E-state index contributed by atoms with van der Waals surface area (Å²) in [4.78, 5) is 78.3. The SMILES string of the molecule is CCC1CC1(NC(=O)C1CCCN1C(=O)C(NC(=O)OC(C)(C)C)C(C)(C)C)C(=O)NS(=O)(=O)C1(CCCC=CCCCc2sc(-c3cccc4c3[nH]c(=O)n4C(C)C)nc2C(C)C)CC1. The summed E-state index contributed by atoms with van der Waals surface area (Å²) in [5, 5.41) is 6.53. The number of sulfonamides is 1. The third kappa shape index (κ3) is 11.1. The van der Waals surface area contributed by atoms with Crippen LogP contribution < -0.4 is 21.0 Å². The topological polar surface area (TPSA) is 202 Å². The lowest BCUT2D eigenvalue weighted by Crippen LogP contribution is -2.60. The molecule has 3 aromatic rings. The summed E-state index contributed by atoms with van der Waals surface area (Å²) in [5.74, 6) is -1.66. The first-order chi connectivity index (χ1) is 30.8. The van der Waals surface area contributed by atoms with E-state index in [1.165, 1.54) is 9.78 Å². The molecule has 364 valence electrons. The largest absolute Gasteiger partial charge is 0.444 e. The quantitative estimate of drug-likeness (QED) is 0.0673. The van der Waals surface area contributed by atoms with Crippen LogP contribution in [0.15, 0.2) is 35.1 Å². The summed E-state index contributed by atoms with van der Waals surface area (Å²) in [6.45, 7) is 21.2. The molecule has 66 heavy (non-hydrogen) atoms. The molecule has 2 aliphatic carbocycles. The Kier molecular flexibility index (Phi) is 15.1. The summed E-state index contributed by atoms with van der Waals surface area (Å²) in [6, 6.07) is 4.13. The number of nitrogens with zero attached hydrogens (tertiary/aromatic N) is 3. The monoisotopic (exact) mass is 951 g/mol. The summed E-state index contributed by atoms with van der Waals surface area (Å²) in [6.07, 6.45) is 10.7. The number of aryl methyl sites for hydroxylation is 1. The van der Waals surface area contributed by atoms with Crippen LogP contribution in [0.4, 0.5) is 4.79 Å². The van der Waals surface area contributed by atoms with Crippen LogP contribution in [0.25, 0.3) is 21.6 Å². The molecule has 1 saturated heterocycles. The molecule has 6 rings (SSSR count). The predicted molar refractivity (Wildman–Crippen MR) is 260 cm³/mol. The zero-order valence-electron chi connectivity index (χ0n) is 40.9. The van der Waals surface area contributed by atoms with Crippen LogP contribution in [0.3, 0.4) is 0 Å². The first-order valence-corrected chi connectivity index (χ1v) is 26.2. The van der Waals surface area contributed by atoms with Gasteiger partial charge in [-0.2, -0.15) is 0 Å². The Morgan fingerprint density at radius 1 is 1.03 bits per heavy atom. The average Bonchev–Trinajstić information content (AvgIpc) is 3.96. The van der Waals surface area contributed by atoms with Crippen LogP contribution in [0.1, 0.15) is 169 Å². The maximum atomic E-state index is 14.0. The third-order valence-electron chi connectivity index (χ3n) is 13.3. The van der Waals surface area contributed by atoms with Crippen molar-refractivity contribution in [3.05, 3.63) is 51.4 Å². The zero-order valence-corrected chi connectivity index (χ0v) is 42.5. The highest BCUT2D eigenvalue weighted by molar-refractivity contribution is 7.91. The number of unbranched alkanes of at least 4 members (excludes halogenated alkanes) is 2. The maximum absolute atomic E-state index is 14.0. The van der Waals surface area contributed by atoms with Crippen LogP contribution in [0.2, 0.25) is 0 Å². The number of carbonyl (C=O) groups excluding carboxylic acids is 4. The number of para-hydroxylation sites is 1. The van der Waals surface area contributed by atoms with E-state index in [9.17, 15) is 32.4 Å². The number of ether oxygens (including phenoxy) is 1. The zero-order chi connectivity index (χ0) is 48.6. The summed E-state index contributed by atoms with van der Waals surface area (Å²) in [5.41, 5.74) is 0.708. The Bertz CT molecular complexity index is 2480. The fourth-order valence-corrected chi connectivity index (χ4v) is 12.4. The Balaban J connectivity index is 1.00. The van der Waals surface area contributed by atoms with Crippen molar-refractivity contribution in [1.82, 2.24) is 34.8 Å². The van der Waals surface area contributed by atoms with Gasteiger partial charge in [0, 0.05) is 23.0 Å². The molecule has 3 fully saturated rings. The highest BCUT2D eigenvalue weighted by Crippen LogP contribution is 2.50. The molecular weight excluding hydrogens is 879 g/mol. The number of nitrogens with one attached hydrogen (secondary N) is 4. The number of amides is 4. The van der Waals surface area contributed by atoms with Gasteiger partial charge in [-0.15, -0.1) is 11.3 Å². The van der Waals surface area contributed by atoms with Gasteiger partial charge in [-0.25, -0.2) is 23.0 Å². The normalized spacial score (nSPS) is 21.1. The number of allylic oxidation sites excluding steroid dienone is 2. The minimum absolute atomic E-state index is 0.0309. The van der Waals surface area contributed by atoms with E-state index in [2.05, 4.69) is 46.3 Å². The fraction of sp³-hybridized carbons (Fsp3) is 0.673. The third-order valence-corrected chi connectivity index (χ3v) is 16.7. The van der Waals surface area contributed by atoms with Gasteiger partial charge < -0.3 is 25.3 Å². The van der Waals surface area contributed by atoms with Crippen molar-refractivity contribution in [2.75, 3.05) is 6.54 Å². The number of hydrogen-bond acceptors (Lipinski definition) is 10. The minimum Gasteiger partial charge on any atom is -0.444 e. The van der Waals surface area contributed by atoms with Gasteiger partial charge in [-0.05, 0) is 135 Å². The molecule has 17 heteroatoms. The lowest BCUT2D eigenvalue weighted by molar-refractivity contribution is -0.143. The molecule has 4 N–H and O–H groups in total. The second kappa shape index (κ2) is 19.6. The maximum Gasteiger partial charge on any atom is 0.408 e. The molecule has 3 heterocycles. The van der Waals surface area contributed by atoms with Crippen molar-refractivity contribution in [3.8, 4) is 10.6 Å². The van der Waals surface area contributed by atoms with Crippen LogP contribution in [-0.2, 0) is 35.6 Å². The van der Waals surface area contributed by atoms with Crippen molar-refractivity contribution >= 4 is 56.2 Å². The Morgan fingerprint density at radius 3 is 2.30 bits per heavy atom. The molecular formula is C49H73N7O8S2. The molecule has 2 aromatic heterocycles. The highest BCUT2D eigenvalue weighted by Gasteiger charge is 2.63. The number of alkyl carbamates (subject to hydrolysis) is 1. The number of thiazole rings is 1. The van der Waals surface area contributed by atoms with Crippen LogP contribution in [0, 0.1) is 11.3 Å². The molecule has 15 nitrogen and oxygen atoms in total. The summed E-state index contributed by atoms with van der Waals surface area (Å²) >= 11 is 1.68. The second-order valence-corrected chi connectivity index (χ2v) is 24.5. The number of benzene rings is 1. The number of carbonyl (C=O) groups is 4. The van der Waals surface area contributed by atoms with Crippen molar-refractivity contribution in [1.29, 1.82) is 0 Å². The smallest absolute Gasteiger partial charge is 0.408 e. The highest BCUT2D eigenvalue weighted by atomic mass is 32.2. The van der Waals surface area contributed by atoms with Crippen LogP contribution in [-0.4, -0.2) is 86.2 Å². The van der Waals surface area contributed by atoms with Crippen LogP contribution >= 0.6 is 11.3 Å². The number of H-pyrrole nitrogens is 1. The number of aromatic amines is 1. The van der Waals surface area contributed by atoms with Gasteiger partial charge in [0.15, 0.2) is 0 Å². The van der Waals surface area contributed by atoms with Gasteiger partial charge >= 0.3 is 11.8 Å². The van der Waals surface area contributed by atoms with Crippen molar-refractivity contribution in [3.63, 3.8) is 0 Å². The molecule has 4 unspecified atom stereocenters. The van der Waals surface area contributed by atoms with Crippen LogP contribution in [0.5, 0.6) is 0 Å². The minimum atomic E-state index is -4.05. The van der Waals surface area contributed by atoms with E-state index in [1.54, 1.807) is 36.7 Å². The van der Waals surface area contributed by atoms with Crippen molar-refractivity contribution < 1.29 is 32.3 Å². The molecule has 0 radical (unpaired) electrons. The second-order valence-electron chi connectivity index (χ2n) is 21.4. The van der Waals surface area contributed by atoms with Gasteiger partial charge in [0.25, 0.3) is 5.91 Å². The molecule has 3 aliphatic rings. The lowest BCUT2D eigenvalue weighted by atomic mass is 9.85. The van der Waals surface area contributed by atoms with E-state index >= 15 is 0 Å². The van der Waals surface area contributed by atoms with Gasteiger partial charge in [0.05, 0.1) is 21.5 Å². The van der Waals surface area contributed by atoms with Gasteiger partial charge in [-0.3, -0.25) is 23.7 Å². The molecule has 1 aliphatic heterocycles. The first kappa shape index (κ1) is 50.9. The summed E-state index contributed by atoms with van der Waals surface area (Å²) < 4.78 is 36.3. The molecule has 4 amide bonds. The lowest BCUT2D eigenvalue weighted by Gasteiger charge is -2.36. The Hall–Kier alpha value is -4.51. The summed E-state index contributed by atoms with van der Waals surface area (Å²) in [7, 11) is -4.05. The van der Waals surface area contributed by atoms with Gasteiger partial charge in [0.1, 0.15) is 28.2 Å². The number of rotatable bonds is 19. The first-order valence-electron chi connectivity index (χ1n) is 23.9. The molecule has 2 saturated carbocycles. The number of imidazole rings is 1. The van der Waals surface area contributed by atoms with E-state index in [1.807, 2.05) is 59.7 Å². The van der Waals surface area contributed by atoms with E-state index in [0.29, 0.717) is 64.3 Å². The molecule has 1 aromatic carbocycles. The number of likely N-dealkylation sites (tertiary alicyclic amines) is 1. The van der Waals surface area contributed by atoms with Gasteiger partial charge in [-0.1, -0.05) is 66.2 Å². The number of fused-ring (bicyclic) bond motifs is 1. The van der Waals surface area contributed by atoms with Crippen molar-refractivity contribution in [2.45, 2.75) is 193 Å². The molecule has 0 spiro atoms. The van der Waals surface area contributed by atoms with E-state index in [4.69, 9.17) is 9.72 Å². The molecule has 0 bridgehead atoms. The predicted octanol–water partition coefficient (Wildman–Crippen LogP) is 8.40. The Morgan fingerprint density at radius 2 is 1.71 bits per heavy atom. The van der Waals surface area contributed by atoms with E-state index < -0.39 is 67.2 Å². The van der Waals surface area contributed by atoms with Gasteiger partial charge in [0.2, 0.25) is 21.8 Å². The average molecular weight is 952 g/mol. The van der Waals surface area contributed by atoms with E-state index in [0.717, 1.165) is 46.6 Å². The van der Waals surface area contributed by atoms with E-state index in [-0.39, 0.29) is 23.6 Å². The molecule has 4 atom stereocenters. The number of hydrogen-bond donors (Lipinski definition) is 4. The Labute approximate surface area is 394 Å². The standard InChI is InChI=1S/C49H73N7O8S2/c1-12-32-29-49(32,53-40(57)35-23-20-28-55(35)42(58)39(46(6,7)8)52-45(61)64-47(9,10)11)43(59)54-66(62,63)48(26-27-48)25-18-16-14-13-15-17-24-36-37(30(2)3)50-41(65-36)33-21-19-22-34-38(33)51-44(60)56(34)31(4)5/h13-14,19,21-22,30-32,35,39H,12,15-18,20,23-29H2,1-11H3,(H,51,60)(H,52,61)(H,53,57)(H,54,59).